The Hall–Kier alpha value is -1.77. The summed E-state index contributed by atoms with van der Waals surface area (Å²) in [5.41, 5.74) is 0. The number of rotatable bonds is 3. The molecule has 1 aliphatic heterocycles. The highest BCUT2D eigenvalue weighted by Gasteiger charge is 2.35. The zero-order chi connectivity index (χ0) is 16.3. The molecule has 1 saturated heterocycles. The van der Waals surface area contributed by atoms with Gasteiger partial charge in [0.2, 0.25) is 0 Å². The van der Waals surface area contributed by atoms with E-state index >= 15 is 0 Å². The van der Waals surface area contributed by atoms with Gasteiger partial charge in [-0.3, -0.25) is 4.90 Å². The Balaban J connectivity index is 1.82. The summed E-state index contributed by atoms with van der Waals surface area (Å²) >= 11 is 0. The third-order valence-electron chi connectivity index (χ3n) is 3.75. The Morgan fingerprint density at radius 2 is 2.18 bits per heavy atom. The molecule has 1 N–H and O–H groups in total. The van der Waals surface area contributed by atoms with Crippen LogP contribution in [0.3, 0.4) is 0 Å². The van der Waals surface area contributed by atoms with Gasteiger partial charge in [0, 0.05) is 45.1 Å². The maximum Gasteiger partial charge on any atom is 0.401 e. The van der Waals surface area contributed by atoms with Gasteiger partial charge in [-0.1, -0.05) is 0 Å². The Labute approximate surface area is 126 Å². The molecule has 1 aliphatic rings. The largest absolute Gasteiger partial charge is 0.401 e. The molecule has 1 atom stereocenters. The number of urea groups is 1. The molecule has 0 aromatic carbocycles. The van der Waals surface area contributed by atoms with Crippen LogP contribution in [0.4, 0.5) is 18.0 Å². The number of nitrogens with one attached hydrogen (secondary N) is 1. The van der Waals surface area contributed by atoms with Crippen LogP contribution in [0.1, 0.15) is 12.7 Å². The molecule has 0 saturated carbocycles. The molecule has 1 aromatic rings. The number of carbonyl (C=O) groups is 1. The quantitative estimate of drug-likeness (QED) is 0.911. The van der Waals surface area contributed by atoms with Crippen LogP contribution >= 0.6 is 0 Å². The molecule has 0 spiro atoms. The van der Waals surface area contributed by atoms with Crippen molar-refractivity contribution in [3.63, 3.8) is 0 Å². The molecule has 2 rings (SSSR count). The average Bonchev–Trinajstić information content (AvgIpc) is 2.82. The Kier molecular flexibility index (Phi) is 4.94. The van der Waals surface area contributed by atoms with Crippen LogP contribution in [0.2, 0.25) is 0 Å². The molecule has 0 aliphatic carbocycles. The summed E-state index contributed by atoms with van der Waals surface area (Å²) in [5, 5.41) is 2.74. The first kappa shape index (κ1) is 16.6. The van der Waals surface area contributed by atoms with Gasteiger partial charge < -0.3 is 14.8 Å². The second kappa shape index (κ2) is 6.55. The van der Waals surface area contributed by atoms with E-state index in [4.69, 9.17) is 0 Å². The van der Waals surface area contributed by atoms with Gasteiger partial charge in [0.1, 0.15) is 5.82 Å². The fourth-order valence-corrected chi connectivity index (χ4v) is 2.48. The third-order valence-corrected chi connectivity index (χ3v) is 3.75. The van der Waals surface area contributed by atoms with E-state index in [2.05, 4.69) is 10.3 Å². The molecule has 124 valence electrons. The molecule has 2 amide bonds. The van der Waals surface area contributed by atoms with Crippen molar-refractivity contribution in [1.29, 1.82) is 0 Å². The highest BCUT2D eigenvalue weighted by molar-refractivity contribution is 5.74. The first-order chi connectivity index (χ1) is 10.3. The maximum atomic E-state index is 12.4. The second-order valence-corrected chi connectivity index (χ2v) is 5.49. The summed E-state index contributed by atoms with van der Waals surface area (Å²) < 4.78 is 39.1. The van der Waals surface area contributed by atoms with Crippen molar-refractivity contribution in [1.82, 2.24) is 24.7 Å². The van der Waals surface area contributed by atoms with E-state index in [1.165, 1.54) is 4.90 Å². The first-order valence-corrected chi connectivity index (χ1v) is 7.06. The number of halogens is 3. The van der Waals surface area contributed by atoms with Crippen LogP contribution < -0.4 is 5.32 Å². The van der Waals surface area contributed by atoms with Gasteiger partial charge in [0.05, 0.1) is 13.1 Å². The number of nitrogens with zero attached hydrogens (tertiary/aromatic N) is 4. The predicted octanol–water partition coefficient (Wildman–Crippen LogP) is 1.20. The molecular weight excluding hydrogens is 299 g/mol. The Bertz CT molecular complexity index is 516. The molecule has 0 unspecified atom stereocenters. The SMILES string of the molecule is C[C@H]1CN(C(=O)NCc2nccn2C)CCN1CC(F)(F)F. The minimum atomic E-state index is -4.21. The lowest BCUT2D eigenvalue weighted by Gasteiger charge is -2.39. The summed E-state index contributed by atoms with van der Waals surface area (Å²) in [6, 6.07) is -0.601. The number of aryl methyl sites for hydroxylation is 1. The number of amides is 2. The molecule has 2 heterocycles. The smallest absolute Gasteiger partial charge is 0.337 e. The summed E-state index contributed by atoms with van der Waals surface area (Å²) in [5.74, 6) is 0.720. The number of aromatic nitrogens is 2. The van der Waals surface area contributed by atoms with Gasteiger partial charge in [-0.15, -0.1) is 0 Å². The van der Waals surface area contributed by atoms with Crippen molar-refractivity contribution in [3.8, 4) is 0 Å². The number of imidazole rings is 1. The van der Waals surface area contributed by atoms with E-state index in [0.717, 1.165) is 5.82 Å². The lowest BCUT2D eigenvalue weighted by molar-refractivity contribution is -0.153. The van der Waals surface area contributed by atoms with Crippen molar-refractivity contribution in [2.24, 2.45) is 7.05 Å². The summed E-state index contributed by atoms with van der Waals surface area (Å²) in [7, 11) is 1.83. The molecule has 22 heavy (non-hydrogen) atoms. The number of piperazine rings is 1. The van der Waals surface area contributed by atoms with Crippen LogP contribution in [0, 0.1) is 0 Å². The van der Waals surface area contributed by atoms with Crippen molar-refractivity contribution < 1.29 is 18.0 Å². The number of alkyl halides is 3. The van der Waals surface area contributed by atoms with E-state index in [9.17, 15) is 18.0 Å². The van der Waals surface area contributed by atoms with Gasteiger partial charge in [-0.2, -0.15) is 13.2 Å². The van der Waals surface area contributed by atoms with E-state index < -0.39 is 12.7 Å². The normalized spacial score (nSPS) is 20.2. The van der Waals surface area contributed by atoms with Crippen LogP contribution in [-0.2, 0) is 13.6 Å². The monoisotopic (exact) mass is 319 g/mol. The molecule has 0 bridgehead atoms. The van der Waals surface area contributed by atoms with Gasteiger partial charge >= 0.3 is 12.2 Å². The highest BCUT2D eigenvalue weighted by Crippen LogP contribution is 2.20. The van der Waals surface area contributed by atoms with Crippen LogP contribution in [-0.4, -0.2) is 63.8 Å². The Morgan fingerprint density at radius 1 is 1.45 bits per heavy atom. The standard InChI is InChI=1S/C13H20F3N5O/c1-10-8-20(5-6-21(10)9-13(14,15)16)12(22)18-7-11-17-3-4-19(11)2/h3-4,10H,5-9H2,1-2H3,(H,18,22)/t10-/m0/s1. The van der Waals surface area contributed by atoms with E-state index in [-0.39, 0.29) is 31.7 Å². The van der Waals surface area contributed by atoms with Crippen molar-refractivity contribution >= 4 is 6.03 Å². The predicted molar refractivity (Wildman–Crippen MR) is 74.1 cm³/mol. The van der Waals surface area contributed by atoms with Crippen molar-refractivity contribution in [2.75, 3.05) is 26.2 Å². The third kappa shape index (κ3) is 4.36. The van der Waals surface area contributed by atoms with Gasteiger partial charge in [-0.25, -0.2) is 9.78 Å². The minimum Gasteiger partial charge on any atom is -0.337 e. The number of hydrogen-bond donors (Lipinski definition) is 1. The molecular formula is C13H20F3N5O. The van der Waals surface area contributed by atoms with Crippen LogP contribution in [0.25, 0.3) is 0 Å². The fraction of sp³-hybridized carbons (Fsp3) is 0.692. The Morgan fingerprint density at radius 3 is 2.73 bits per heavy atom. The van der Waals surface area contributed by atoms with Crippen LogP contribution in [0.15, 0.2) is 12.4 Å². The maximum absolute atomic E-state index is 12.4. The van der Waals surface area contributed by atoms with Crippen molar-refractivity contribution in [2.45, 2.75) is 25.7 Å². The van der Waals surface area contributed by atoms with Gasteiger partial charge in [-0.05, 0) is 6.92 Å². The zero-order valence-corrected chi connectivity index (χ0v) is 12.6. The second-order valence-electron chi connectivity index (χ2n) is 5.49. The molecule has 1 aromatic heterocycles. The topological polar surface area (TPSA) is 53.4 Å². The van der Waals surface area contributed by atoms with Crippen molar-refractivity contribution in [3.05, 3.63) is 18.2 Å². The van der Waals surface area contributed by atoms with E-state index in [1.54, 1.807) is 28.8 Å². The average molecular weight is 319 g/mol. The number of carbonyl (C=O) groups excluding carboxylic acids is 1. The zero-order valence-electron chi connectivity index (χ0n) is 12.6. The number of hydrogen-bond acceptors (Lipinski definition) is 3. The molecule has 1 fully saturated rings. The summed E-state index contributed by atoms with van der Waals surface area (Å²) in [6.45, 7) is 1.84. The fourth-order valence-electron chi connectivity index (χ4n) is 2.48. The van der Waals surface area contributed by atoms with E-state index in [0.29, 0.717) is 6.54 Å². The lowest BCUT2D eigenvalue weighted by Crippen LogP contribution is -2.57. The highest BCUT2D eigenvalue weighted by atomic mass is 19.4. The van der Waals surface area contributed by atoms with Gasteiger partial charge in [0.15, 0.2) is 0 Å². The molecule has 0 radical (unpaired) electrons. The molecule has 9 heteroatoms. The van der Waals surface area contributed by atoms with E-state index in [1.807, 2.05) is 7.05 Å². The lowest BCUT2D eigenvalue weighted by atomic mass is 10.2. The summed E-state index contributed by atoms with van der Waals surface area (Å²) in [4.78, 5) is 19.1. The minimum absolute atomic E-state index is 0.219. The first-order valence-electron chi connectivity index (χ1n) is 7.06. The molecule has 6 nitrogen and oxygen atoms in total. The van der Waals surface area contributed by atoms with Gasteiger partial charge in [0.25, 0.3) is 0 Å². The van der Waals surface area contributed by atoms with Crippen LogP contribution in [0.5, 0.6) is 0 Å². The summed E-state index contributed by atoms with van der Waals surface area (Å²) in [6.07, 6.45) is -0.796.